The topological polar surface area (TPSA) is 58.2 Å². The van der Waals surface area contributed by atoms with E-state index in [4.69, 9.17) is 0 Å². The lowest BCUT2D eigenvalue weighted by Gasteiger charge is -2.12. The second kappa shape index (κ2) is 5.28. The van der Waals surface area contributed by atoms with Crippen LogP contribution in [0.2, 0.25) is 0 Å². The molecule has 18 heavy (non-hydrogen) atoms. The van der Waals surface area contributed by atoms with E-state index in [0.29, 0.717) is 12.5 Å². The molecule has 2 rings (SSSR count). The molecule has 0 aliphatic carbocycles. The molecule has 1 aromatic rings. The van der Waals surface area contributed by atoms with Crippen molar-refractivity contribution in [2.45, 2.75) is 31.4 Å². The number of fused-ring (bicyclic) bond motifs is 1. The molecule has 0 radical (unpaired) electrons. The van der Waals surface area contributed by atoms with Crippen LogP contribution in [-0.2, 0) is 10.0 Å². The van der Waals surface area contributed by atoms with E-state index in [1.54, 1.807) is 13.8 Å². The average Bonchev–Trinajstić information content (AvgIpc) is 2.72. The van der Waals surface area contributed by atoms with Gasteiger partial charge < -0.3 is 5.32 Å². The Labute approximate surface area is 109 Å². The van der Waals surface area contributed by atoms with Crippen molar-refractivity contribution in [2.24, 2.45) is 0 Å². The summed E-state index contributed by atoms with van der Waals surface area (Å²) in [7, 11) is -3.14. The first kappa shape index (κ1) is 13.4. The summed E-state index contributed by atoms with van der Waals surface area (Å²) in [4.78, 5) is 0. The van der Waals surface area contributed by atoms with E-state index in [0.717, 1.165) is 13.0 Å². The highest BCUT2D eigenvalue weighted by Crippen LogP contribution is 2.32. The van der Waals surface area contributed by atoms with Gasteiger partial charge >= 0.3 is 0 Å². The summed E-state index contributed by atoms with van der Waals surface area (Å²) < 4.78 is 25.9. The van der Waals surface area contributed by atoms with Gasteiger partial charge in [0.05, 0.1) is 5.25 Å². The summed E-state index contributed by atoms with van der Waals surface area (Å²) in [6, 6.07) is 8.21. The molecule has 0 fully saturated rings. The van der Waals surface area contributed by atoms with Crippen LogP contribution in [0.5, 0.6) is 0 Å². The summed E-state index contributed by atoms with van der Waals surface area (Å²) in [5.74, 6) is 0.399. The molecule has 0 spiro atoms. The van der Waals surface area contributed by atoms with Gasteiger partial charge in [-0.05, 0) is 31.9 Å². The molecule has 4 nitrogen and oxygen atoms in total. The van der Waals surface area contributed by atoms with Crippen LogP contribution in [0.1, 0.15) is 31.7 Å². The van der Waals surface area contributed by atoms with Crippen LogP contribution < -0.4 is 10.0 Å². The van der Waals surface area contributed by atoms with Gasteiger partial charge in [0, 0.05) is 24.7 Å². The molecule has 100 valence electrons. The summed E-state index contributed by atoms with van der Waals surface area (Å²) in [5.41, 5.74) is 2.47. The fourth-order valence-electron chi connectivity index (χ4n) is 2.16. The minimum Gasteiger partial charge on any atom is -0.384 e. The molecule has 1 unspecified atom stereocenters. The lowest BCUT2D eigenvalue weighted by Crippen LogP contribution is -2.32. The predicted octanol–water partition coefficient (Wildman–Crippen LogP) is 1.91. The van der Waals surface area contributed by atoms with Crippen molar-refractivity contribution in [1.82, 2.24) is 4.72 Å². The van der Waals surface area contributed by atoms with E-state index in [-0.39, 0.29) is 5.25 Å². The van der Waals surface area contributed by atoms with Crippen molar-refractivity contribution >= 4 is 15.7 Å². The Morgan fingerprint density at radius 2 is 2.11 bits per heavy atom. The van der Waals surface area contributed by atoms with Crippen molar-refractivity contribution in [2.75, 3.05) is 18.4 Å². The summed E-state index contributed by atoms with van der Waals surface area (Å²) >= 11 is 0. The molecule has 1 heterocycles. The second-order valence-corrected chi connectivity index (χ2v) is 7.26. The Hall–Kier alpha value is -1.07. The molecule has 0 amide bonds. The number of hydrogen-bond donors (Lipinski definition) is 2. The van der Waals surface area contributed by atoms with Gasteiger partial charge in [-0.3, -0.25) is 0 Å². The Morgan fingerprint density at radius 1 is 1.39 bits per heavy atom. The van der Waals surface area contributed by atoms with Crippen LogP contribution in [0, 0.1) is 0 Å². The summed E-state index contributed by atoms with van der Waals surface area (Å²) in [5, 5.41) is 2.97. The molecular formula is C13H20N2O2S. The molecule has 0 bridgehead atoms. The Kier molecular flexibility index (Phi) is 3.92. The van der Waals surface area contributed by atoms with Crippen LogP contribution in [0.4, 0.5) is 5.69 Å². The molecule has 5 heteroatoms. The minimum atomic E-state index is -3.14. The van der Waals surface area contributed by atoms with Gasteiger partial charge in [-0.15, -0.1) is 0 Å². The number of benzene rings is 1. The number of hydrogen-bond acceptors (Lipinski definition) is 3. The number of para-hydroxylation sites is 1. The molecule has 0 aromatic heterocycles. The van der Waals surface area contributed by atoms with Gasteiger partial charge in [0.2, 0.25) is 10.0 Å². The monoisotopic (exact) mass is 268 g/mol. The maximum atomic E-state index is 11.6. The van der Waals surface area contributed by atoms with E-state index < -0.39 is 10.0 Å². The largest absolute Gasteiger partial charge is 0.384 e. The Balaban J connectivity index is 1.90. The second-order valence-electron chi connectivity index (χ2n) is 4.94. The number of nitrogens with one attached hydrogen (secondary N) is 2. The van der Waals surface area contributed by atoms with Gasteiger partial charge in [-0.1, -0.05) is 18.2 Å². The quantitative estimate of drug-likeness (QED) is 0.857. The maximum absolute atomic E-state index is 11.6. The van der Waals surface area contributed by atoms with Crippen LogP contribution in [0.15, 0.2) is 24.3 Å². The van der Waals surface area contributed by atoms with Crippen molar-refractivity contribution in [3.63, 3.8) is 0 Å². The smallest absolute Gasteiger partial charge is 0.213 e. The van der Waals surface area contributed by atoms with Crippen LogP contribution in [-0.4, -0.2) is 26.8 Å². The minimum absolute atomic E-state index is 0.369. The van der Waals surface area contributed by atoms with Crippen molar-refractivity contribution < 1.29 is 8.42 Å². The van der Waals surface area contributed by atoms with E-state index in [1.807, 2.05) is 12.1 Å². The number of sulfonamides is 1. The van der Waals surface area contributed by atoms with Gasteiger partial charge in [0.1, 0.15) is 0 Å². The normalized spacial score (nSPS) is 18.7. The third-order valence-electron chi connectivity index (χ3n) is 3.36. The standard InChI is InChI=1S/C13H20N2O2S/c1-10(2)18(16,17)15-8-7-11-9-14-13-6-4-3-5-12(11)13/h3-6,10-11,14-15H,7-9H2,1-2H3. The van der Waals surface area contributed by atoms with Crippen molar-refractivity contribution in [3.05, 3.63) is 29.8 Å². The zero-order chi connectivity index (χ0) is 13.2. The molecule has 1 aliphatic rings. The zero-order valence-corrected chi connectivity index (χ0v) is 11.6. The SMILES string of the molecule is CC(C)S(=O)(=O)NCCC1CNc2ccccc21. The lowest BCUT2D eigenvalue weighted by atomic mass is 9.98. The third-order valence-corrected chi connectivity index (χ3v) is 5.20. The van der Waals surface area contributed by atoms with Crippen molar-refractivity contribution in [3.8, 4) is 0 Å². The highest BCUT2D eigenvalue weighted by molar-refractivity contribution is 7.90. The van der Waals surface area contributed by atoms with Gasteiger partial charge in [-0.25, -0.2) is 13.1 Å². The molecule has 1 aliphatic heterocycles. The van der Waals surface area contributed by atoms with E-state index >= 15 is 0 Å². The number of anilines is 1. The van der Waals surface area contributed by atoms with Crippen LogP contribution in [0.3, 0.4) is 0 Å². The molecular weight excluding hydrogens is 248 g/mol. The lowest BCUT2D eigenvalue weighted by molar-refractivity contribution is 0.564. The molecule has 1 aromatic carbocycles. The Bertz CT molecular complexity index is 511. The van der Waals surface area contributed by atoms with Gasteiger partial charge in [0.25, 0.3) is 0 Å². The highest BCUT2D eigenvalue weighted by atomic mass is 32.2. The summed E-state index contributed by atoms with van der Waals surface area (Å²) in [6.45, 7) is 4.77. The summed E-state index contributed by atoms with van der Waals surface area (Å²) in [6.07, 6.45) is 0.829. The average molecular weight is 268 g/mol. The fraction of sp³-hybridized carbons (Fsp3) is 0.538. The number of rotatable bonds is 5. The Morgan fingerprint density at radius 3 is 2.83 bits per heavy atom. The first-order valence-corrected chi connectivity index (χ1v) is 7.86. The van der Waals surface area contributed by atoms with Gasteiger partial charge in [-0.2, -0.15) is 0 Å². The van der Waals surface area contributed by atoms with Gasteiger partial charge in [0.15, 0.2) is 0 Å². The van der Waals surface area contributed by atoms with Crippen LogP contribution in [0.25, 0.3) is 0 Å². The maximum Gasteiger partial charge on any atom is 0.213 e. The third kappa shape index (κ3) is 2.84. The highest BCUT2D eigenvalue weighted by Gasteiger charge is 2.22. The first-order chi connectivity index (χ1) is 8.50. The van der Waals surface area contributed by atoms with E-state index in [9.17, 15) is 8.42 Å². The predicted molar refractivity (Wildman–Crippen MR) is 74.3 cm³/mol. The fourth-order valence-corrected chi connectivity index (χ4v) is 2.89. The van der Waals surface area contributed by atoms with Crippen molar-refractivity contribution in [1.29, 1.82) is 0 Å². The molecule has 1 atom stereocenters. The van der Waals surface area contributed by atoms with E-state index in [1.165, 1.54) is 11.3 Å². The molecule has 0 saturated heterocycles. The first-order valence-electron chi connectivity index (χ1n) is 6.32. The van der Waals surface area contributed by atoms with E-state index in [2.05, 4.69) is 22.2 Å². The molecule has 0 saturated carbocycles. The zero-order valence-electron chi connectivity index (χ0n) is 10.8. The molecule has 2 N–H and O–H groups in total. The van der Waals surface area contributed by atoms with Crippen LogP contribution >= 0.6 is 0 Å².